The molecule has 0 N–H and O–H groups in total. The quantitative estimate of drug-likeness (QED) is 0.685. The SMILES string of the molecule is Cc1ccc(C)n1-c1nc2cc(Br)cc(C#N)c2n1C. The van der Waals surface area contributed by atoms with Gasteiger partial charge in [0.2, 0.25) is 5.95 Å². The first kappa shape index (κ1) is 12.9. The molecule has 0 aliphatic carbocycles. The Morgan fingerprint density at radius 1 is 1.20 bits per heavy atom. The summed E-state index contributed by atoms with van der Waals surface area (Å²) in [5, 5.41) is 9.31. The molecule has 0 saturated carbocycles. The normalized spacial score (nSPS) is 10.9. The van der Waals surface area contributed by atoms with Gasteiger partial charge in [-0.2, -0.15) is 5.26 Å². The zero-order chi connectivity index (χ0) is 14.4. The average Bonchev–Trinajstić information content (AvgIpc) is 2.89. The van der Waals surface area contributed by atoms with Gasteiger partial charge in [0.25, 0.3) is 0 Å². The zero-order valence-electron chi connectivity index (χ0n) is 11.5. The number of aromatic nitrogens is 3. The molecule has 0 saturated heterocycles. The van der Waals surface area contributed by atoms with E-state index in [1.54, 1.807) is 0 Å². The molecular formula is C15H13BrN4. The lowest BCUT2D eigenvalue weighted by atomic mass is 10.2. The number of aryl methyl sites for hydroxylation is 3. The number of fused-ring (bicyclic) bond motifs is 1. The fourth-order valence-corrected chi connectivity index (χ4v) is 3.02. The van der Waals surface area contributed by atoms with Crippen LogP contribution in [0.5, 0.6) is 0 Å². The Labute approximate surface area is 125 Å². The molecule has 5 heteroatoms. The Bertz CT molecular complexity index is 845. The number of nitriles is 1. The van der Waals surface area contributed by atoms with Crippen LogP contribution < -0.4 is 0 Å². The molecular weight excluding hydrogens is 316 g/mol. The average molecular weight is 329 g/mol. The Balaban J connectivity index is 2.41. The van der Waals surface area contributed by atoms with Gasteiger partial charge in [0.05, 0.1) is 16.6 Å². The summed E-state index contributed by atoms with van der Waals surface area (Å²) in [6.07, 6.45) is 0. The molecule has 2 aromatic heterocycles. The summed E-state index contributed by atoms with van der Waals surface area (Å²) in [5.41, 5.74) is 4.55. The Kier molecular flexibility index (Phi) is 2.91. The maximum Gasteiger partial charge on any atom is 0.215 e. The third-order valence-electron chi connectivity index (χ3n) is 3.50. The highest BCUT2D eigenvalue weighted by molar-refractivity contribution is 9.10. The van der Waals surface area contributed by atoms with Crippen LogP contribution in [-0.2, 0) is 7.05 Å². The fourth-order valence-electron chi connectivity index (χ4n) is 2.57. The first-order valence-electron chi connectivity index (χ1n) is 6.24. The summed E-state index contributed by atoms with van der Waals surface area (Å²) in [4.78, 5) is 4.69. The van der Waals surface area contributed by atoms with E-state index in [0.717, 1.165) is 32.8 Å². The van der Waals surface area contributed by atoms with Crippen molar-refractivity contribution in [1.29, 1.82) is 5.26 Å². The Morgan fingerprint density at radius 3 is 2.45 bits per heavy atom. The third kappa shape index (κ3) is 1.76. The van der Waals surface area contributed by atoms with E-state index >= 15 is 0 Å². The van der Waals surface area contributed by atoms with Gasteiger partial charge in [0.1, 0.15) is 6.07 Å². The summed E-state index contributed by atoms with van der Waals surface area (Å²) in [7, 11) is 1.94. The molecule has 0 atom stereocenters. The Hall–Kier alpha value is -2.06. The van der Waals surface area contributed by atoms with E-state index in [1.807, 2.05) is 37.6 Å². The zero-order valence-corrected chi connectivity index (χ0v) is 13.1. The van der Waals surface area contributed by atoms with Crippen molar-refractivity contribution in [2.24, 2.45) is 7.05 Å². The van der Waals surface area contributed by atoms with Gasteiger partial charge in [-0.15, -0.1) is 0 Å². The van der Waals surface area contributed by atoms with Crippen LogP contribution >= 0.6 is 15.9 Å². The van der Waals surface area contributed by atoms with E-state index in [1.165, 1.54) is 0 Å². The van der Waals surface area contributed by atoms with Crippen LogP contribution in [0, 0.1) is 25.2 Å². The summed E-state index contributed by atoms with van der Waals surface area (Å²) in [6.45, 7) is 4.10. The molecule has 0 spiro atoms. The van der Waals surface area contributed by atoms with Crippen molar-refractivity contribution < 1.29 is 0 Å². The number of imidazole rings is 1. The van der Waals surface area contributed by atoms with E-state index < -0.39 is 0 Å². The van der Waals surface area contributed by atoms with Crippen molar-refractivity contribution in [3.05, 3.63) is 45.7 Å². The van der Waals surface area contributed by atoms with E-state index in [0.29, 0.717) is 5.56 Å². The molecule has 1 aromatic carbocycles. The van der Waals surface area contributed by atoms with Gasteiger partial charge < -0.3 is 4.57 Å². The standard InChI is InChI=1S/C15H13BrN4/c1-9-4-5-10(2)20(9)15-18-13-7-12(16)6-11(8-17)14(13)19(15)3/h4-7H,1-3H3. The molecule has 3 rings (SSSR count). The van der Waals surface area contributed by atoms with Gasteiger partial charge in [-0.1, -0.05) is 15.9 Å². The molecule has 0 unspecified atom stereocenters. The van der Waals surface area contributed by atoms with Crippen LogP contribution in [0.15, 0.2) is 28.7 Å². The fraction of sp³-hybridized carbons (Fsp3) is 0.200. The molecule has 0 aliphatic heterocycles. The van der Waals surface area contributed by atoms with Gasteiger partial charge in [0.15, 0.2) is 0 Å². The molecule has 2 heterocycles. The largest absolute Gasteiger partial charge is 0.312 e. The van der Waals surface area contributed by atoms with Crippen molar-refractivity contribution in [2.45, 2.75) is 13.8 Å². The molecule has 100 valence electrons. The predicted octanol–water partition coefficient (Wildman–Crippen LogP) is 3.62. The highest BCUT2D eigenvalue weighted by Crippen LogP contribution is 2.26. The lowest BCUT2D eigenvalue weighted by Crippen LogP contribution is -2.06. The topological polar surface area (TPSA) is 46.5 Å². The van der Waals surface area contributed by atoms with Gasteiger partial charge in [0, 0.05) is 22.9 Å². The minimum Gasteiger partial charge on any atom is -0.312 e. The highest BCUT2D eigenvalue weighted by atomic mass is 79.9. The number of benzene rings is 1. The van der Waals surface area contributed by atoms with Gasteiger partial charge >= 0.3 is 0 Å². The van der Waals surface area contributed by atoms with Crippen LogP contribution in [0.25, 0.3) is 17.0 Å². The smallest absolute Gasteiger partial charge is 0.215 e. The van der Waals surface area contributed by atoms with Crippen LogP contribution in [0.1, 0.15) is 17.0 Å². The molecule has 4 nitrogen and oxygen atoms in total. The highest BCUT2D eigenvalue weighted by Gasteiger charge is 2.16. The van der Waals surface area contributed by atoms with E-state index in [4.69, 9.17) is 4.98 Å². The third-order valence-corrected chi connectivity index (χ3v) is 3.96. The maximum absolute atomic E-state index is 9.31. The molecule has 20 heavy (non-hydrogen) atoms. The summed E-state index contributed by atoms with van der Waals surface area (Å²) < 4.78 is 4.93. The van der Waals surface area contributed by atoms with E-state index in [2.05, 4.69) is 38.7 Å². The maximum atomic E-state index is 9.31. The van der Waals surface area contributed by atoms with E-state index in [9.17, 15) is 5.26 Å². The number of halogens is 1. The first-order valence-corrected chi connectivity index (χ1v) is 7.03. The van der Waals surface area contributed by atoms with Crippen molar-refractivity contribution in [1.82, 2.24) is 14.1 Å². The molecule has 0 aliphatic rings. The number of rotatable bonds is 1. The van der Waals surface area contributed by atoms with Crippen molar-refractivity contribution >= 4 is 27.0 Å². The van der Waals surface area contributed by atoms with Crippen molar-refractivity contribution in [2.75, 3.05) is 0 Å². The number of nitrogens with zero attached hydrogens (tertiary/aromatic N) is 4. The molecule has 0 radical (unpaired) electrons. The van der Waals surface area contributed by atoms with Crippen LogP contribution in [-0.4, -0.2) is 14.1 Å². The molecule has 3 aromatic rings. The monoisotopic (exact) mass is 328 g/mol. The van der Waals surface area contributed by atoms with Crippen molar-refractivity contribution in [3.63, 3.8) is 0 Å². The second-order valence-electron chi connectivity index (χ2n) is 4.86. The summed E-state index contributed by atoms with van der Waals surface area (Å²) in [5.74, 6) is 0.828. The number of hydrogen-bond acceptors (Lipinski definition) is 2. The first-order chi connectivity index (χ1) is 9.52. The minimum absolute atomic E-state index is 0.623. The minimum atomic E-state index is 0.623. The lowest BCUT2D eigenvalue weighted by molar-refractivity contribution is 0.806. The van der Waals surface area contributed by atoms with Crippen LogP contribution in [0.4, 0.5) is 0 Å². The molecule has 0 fully saturated rings. The lowest BCUT2D eigenvalue weighted by Gasteiger charge is -2.08. The van der Waals surface area contributed by atoms with Gasteiger partial charge in [-0.3, -0.25) is 4.57 Å². The second kappa shape index (κ2) is 4.50. The number of hydrogen-bond donors (Lipinski definition) is 0. The van der Waals surface area contributed by atoms with Crippen LogP contribution in [0.2, 0.25) is 0 Å². The van der Waals surface area contributed by atoms with E-state index in [-0.39, 0.29) is 0 Å². The Morgan fingerprint density at radius 2 is 1.85 bits per heavy atom. The predicted molar refractivity (Wildman–Crippen MR) is 81.9 cm³/mol. The van der Waals surface area contributed by atoms with Gasteiger partial charge in [-0.25, -0.2) is 4.98 Å². The second-order valence-corrected chi connectivity index (χ2v) is 5.77. The summed E-state index contributed by atoms with van der Waals surface area (Å²) in [6, 6.07) is 10.1. The van der Waals surface area contributed by atoms with Crippen molar-refractivity contribution in [3.8, 4) is 12.0 Å². The van der Waals surface area contributed by atoms with Gasteiger partial charge in [-0.05, 0) is 38.1 Å². The molecule has 0 bridgehead atoms. The summed E-state index contributed by atoms with van der Waals surface area (Å²) >= 11 is 3.43. The molecule has 0 amide bonds. The van der Waals surface area contributed by atoms with Crippen LogP contribution in [0.3, 0.4) is 0 Å².